The topological polar surface area (TPSA) is 78.9 Å². The number of halogens is 3. The first-order valence-corrected chi connectivity index (χ1v) is 10.2. The molecule has 0 saturated carbocycles. The number of hydrogen-bond donors (Lipinski definition) is 2. The summed E-state index contributed by atoms with van der Waals surface area (Å²) < 4.78 is 44.5. The van der Waals surface area contributed by atoms with Crippen LogP contribution in [0.1, 0.15) is 39.9 Å². The normalized spacial score (nSPS) is 16.9. The lowest BCUT2D eigenvalue weighted by molar-refractivity contribution is -0.137. The first-order valence-electron chi connectivity index (χ1n) is 10.2. The number of carbonyl (C=O) groups is 2. The summed E-state index contributed by atoms with van der Waals surface area (Å²) in [6, 6.07) is 8.28. The van der Waals surface area contributed by atoms with Gasteiger partial charge in [0.2, 0.25) is 5.91 Å². The van der Waals surface area contributed by atoms with E-state index in [0.29, 0.717) is 41.8 Å². The molecule has 168 valence electrons. The molecule has 2 aliphatic heterocycles. The molecule has 6 nitrogen and oxygen atoms in total. The van der Waals surface area contributed by atoms with Crippen LogP contribution in [0.25, 0.3) is 5.57 Å². The molecule has 2 amide bonds. The second-order valence-corrected chi connectivity index (χ2v) is 7.64. The van der Waals surface area contributed by atoms with E-state index in [1.807, 2.05) is 0 Å². The molecule has 2 aromatic carbocycles. The van der Waals surface area contributed by atoms with Gasteiger partial charge in [-0.3, -0.25) is 9.59 Å². The van der Waals surface area contributed by atoms with E-state index >= 15 is 0 Å². The van der Waals surface area contributed by atoms with Gasteiger partial charge in [0.1, 0.15) is 5.75 Å². The molecular formula is C23H21F3N2O4. The predicted octanol–water partition coefficient (Wildman–Crippen LogP) is 3.85. The Labute approximate surface area is 182 Å². The third-order valence-electron chi connectivity index (χ3n) is 5.43. The van der Waals surface area contributed by atoms with Gasteiger partial charge in [0, 0.05) is 36.0 Å². The first-order chi connectivity index (χ1) is 15.3. The van der Waals surface area contributed by atoms with Gasteiger partial charge in [-0.05, 0) is 48.2 Å². The summed E-state index contributed by atoms with van der Waals surface area (Å²) in [5, 5.41) is 11.8. The lowest BCUT2D eigenvalue weighted by Crippen LogP contribution is -2.26. The van der Waals surface area contributed by atoms with Crippen LogP contribution >= 0.6 is 0 Å². The third-order valence-corrected chi connectivity index (χ3v) is 5.43. The number of hydrogen-bond acceptors (Lipinski definition) is 4. The molecule has 2 aliphatic rings. The summed E-state index contributed by atoms with van der Waals surface area (Å²) in [6.07, 6.45) is -2.09. The highest BCUT2D eigenvalue weighted by molar-refractivity contribution is 6.06. The van der Waals surface area contributed by atoms with E-state index in [9.17, 15) is 22.8 Å². The maximum atomic E-state index is 13.0. The average Bonchev–Trinajstić information content (AvgIpc) is 2.92. The smallest absolute Gasteiger partial charge is 0.416 e. The van der Waals surface area contributed by atoms with E-state index < -0.39 is 17.6 Å². The highest BCUT2D eigenvalue weighted by atomic mass is 19.4. The van der Waals surface area contributed by atoms with Gasteiger partial charge in [0.05, 0.1) is 18.8 Å². The molecule has 0 aliphatic carbocycles. The van der Waals surface area contributed by atoms with Gasteiger partial charge in [0.15, 0.2) is 0 Å². The Bertz CT molecular complexity index is 1100. The maximum absolute atomic E-state index is 13.0. The quantitative estimate of drug-likeness (QED) is 0.700. The molecule has 0 aromatic heterocycles. The van der Waals surface area contributed by atoms with Crippen LogP contribution in [-0.2, 0) is 17.5 Å². The van der Waals surface area contributed by atoms with E-state index in [1.54, 1.807) is 18.2 Å². The van der Waals surface area contributed by atoms with Crippen molar-refractivity contribution in [3.05, 3.63) is 64.7 Å². The molecule has 2 N–H and O–H groups in total. The van der Waals surface area contributed by atoms with Crippen LogP contribution in [0.5, 0.6) is 5.75 Å². The Balaban J connectivity index is 1.55. The van der Waals surface area contributed by atoms with Crippen LogP contribution in [0.15, 0.2) is 42.5 Å². The van der Waals surface area contributed by atoms with Gasteiger partial charge < -0.3 is 20.1 Å². The van der Waals surface area contributed by atoms with Gasteiger partial charge in [-0.25, -0.2) is 0 Å². The molecule has 0 unspecified atom stereocenters. The molecule has 0 radical (unpaired) electrons. The van der Waals surface area contributed by atoms with Gasteiger partial charge in [-0.15, -0.1) is 0 Å². The Morgan fingerprint density at radius 1 is 1.19 bits per heavy atom. The van der Waals surface area contributed by atoms with Crippen LogP contribution in [0.2, 0.25) is 0 Å². The molecule has 0 saturated heterocycles. The highest BCUT2D eigenvalue weighted by Crippen LogP contribution is 2.38. The molecule has 0 fully saturated rings. The van der Waals surface area contributed by atoms with Crippen molar-refractivity contribution >= 4 is 23.1 Å². The number of amides is 2. The van der Waals surface area contributed by atoms with Gasteiger partial charge in [0.25, 0.3) is 5.91 Å². The second kappa shape index (κ2) is 8.66. The number of ether oxygens (including phenoxy) is 1. The molecule has 0 atom stereocenters. The largest absolute Gasteiger partial charge is 0.493 e. The number of nitrogens with zero attached hydrogens (tertiary/aromatic N) is 1. The van der Waals surface area contributed by atoms with Crippen molar-refractivity contribution < 1.29 is 32.6 Å². The zero-order chi connectivity index (χ0) is 22.9. The minimum atomic E-state index is -4.48. The van der Waals surface area contributed by atoms with Crippen molar-refractivity contribution in [3.63, 3.8) is 0 Å². The predicted molar refractivity (Wildman–Crippen MR) is 111 cm³/mol. The van der Waals surface area contributed by atoms with E-state index in [0.717, 1.165) is 17.7 Å². The average molecular weight is 446 g/mol. The second-order valence-electron chi connectivity index (χ2n) is 7.64. The van der Waals surface area contributed by atoms with Crippen LogP contribution in [-0.4, -0.2) is 41.6 Å². The summed E-state index contributed by atoms with van der Waals surface area (Å²) in [4.78, 5) is 26.6. The van der Waals surface area contributed by atoms with Crippen LogP contribution in [0, 0.1) is 0 Å². The Morgan fingerprint density at radius 2 is 2.00 bits per heavy atom. The zero-order valence-corrected chi connectivity index (χ0v) is 17.0. The number of nitrogens with one attached hydrogen (secondary N) is 1. The summed E-state index contributed by atoms with van der Waals surface area (Å²) in [5.74, 6) is -0.562. The van der Waals surface area contributed by atoms with Crippen molar-refractivity contribution in [3.8, 4) is 5.75 Å². The molecule has 0 bridgehead atoms. The monoisotopic (exact) mass is 446 g/mol. The summed E-state index contributed by atoms with van der Waals surface area (Å²) >= 11 is 0. The third kappa shape index (κ3) is 4.47. The van der Waals surface area contributed by atoms with E-state index in [4.69, 9.17) is 9.84 Å². The summed E-state index contributed by atoms with van der Waals surface area (Å²) in [7, 11) is 0. The minimum Gasteiger partial charge on any atom is -0.493 e. The fourth-order valence-electron chi connectivity index (χ4n) is 3.89. The van der Waals surface area contributed by atoms with E-state index in [1.165, 1.54) is 17.0 Å². The van der Waals surface area contributed by atoms with Gasteiger partial charge in [-0.1, -0.05) is 12.1 Å². The number of allylic oxidation sites excluding steroid dienone is 1. The lowest BCUT2D eigenvalue weighted by atomic mass is 9.99. The van der Waals surface area contributed by atoms with Crippen LogP contribution < -0.4 is 10.1 Å². The molecule has 0 spiro atoms. The summed E-state index contributed by atoms with van der Waals surface area (Å²) in [5.41, 5.74) is 1.94. The maximum Gasteiger partial charge on any atom is 0.416 e. The van der Waals surface area contributed by atoms with E-state index in [-0.39, 0.29) is 31.4 Å². The van der Waals surface area contributed by atoms with Crippen molar-refractivity contribution in [2.45, 2.75) is 25.6 Å². The number of benzene rings is 2. The van der Waals surface area contributed by atoms with E-state index in [2.05, 4.69) is 5.32 Å². The zero-order valence-electron chi connectivity index (χ0n) is 17.0. The lowest BCUT2D eigenvalue weighted by Gasteiger charge is -2.13. The molecule has 32 heavy (non-hydrogen) atoms. The minimum absolute atomic E-state index is 0.100. The Hall–Kier alpha value is -3.33. The van der Waals surface area contributed by atoms with Crippen molar-refractivity contribution in [2.75, 3.05) is 25.1 Å². The van der Waals surface area contributed by atoms with Crippen LogP contribution in [0.4, 0.5) is 18.9 Å². The molecule has 2 aromatic rings. The number of β-amino-alcohol motifs (C(OH)–C–C–N with tert-alkyl or cyclic N) is 1. The molecule has 9 heteroatoms. The Kier molecular flexibility index (Phi) is 5.92. The number of aliphatic hydroxyl groups excluding tert-OH is 1. The number of alkyl halides is 3. The number of fused-ring (bicyclic) bond motifs is 2. The fraction of sp³-hybridized carbons (Fsp3) is 0.304. The highest BCUT2D eigenvalue weighted by Gasteiger charge is 2.32. The van der Waals surface area contributed by atoms with Crippen molar-refractivity contribution in [1.29, 1.82) is 0 Å². The summed E-state index contributed by atoms with van der Waals surface area (Å²) in [6.45, 7) is 0.764. The van der Waals surface area contributed by atoms with Gasteiger partial charge >= 0.3 is 6.18 Å². The van der Waals surface area contributed by atoms with Crippen molar-refractivity contribution in [2.24, 2.45) is 0 Å². The first kappa shape index (κ1) is 21.9. The number of aliphatic hydroxyl groups is 1. The molecular weight excluding hydrogens is 425 g/mol. The number of anilines is 1. The molecule has 4 rings (SSSR count). The SMILES string of the molecule is O=C(/C=C1\CCCOc2cc(C(F)(F)F)ccc21)Nc1ccc2c(c1)C(=O)N(CCO)C2. The number of carbonyl (C=O) groups excluding carboxylic acids is 2. The van der Waals surface area contributed by atoms with Crippen LogP contribution in [0.3, 0.4) is 0 Å². The van der Waals surface area contributed by atoms with Crippen molar-refractivity contribution in [1.82, 2.24) is 4.90 Å². The Morgan fingerprint density at radius 3 is 2.75 bits per heavy atom. The fourth-order valence-corrected chi connectivity index (χ4v) is 3.89. The standard InChI is InChI=1S/C23H21F3N2O4/c24-23(25,26)16-4-6-18-14(2-1-9-32-20(18)11-16)10-21(30)27-17-5-3-15-13-28(7-8-29)22(31)19(15)12-17/h3-6,10-12,29H,1-2,7-9,13H2,(H,27,30)/b14-10+. The van der Waals surface area contributed by atoms with Gasteiger partial charge in [-0.2, -0.15) is 13.2 Å². The number of rotatable bonds is 4. The molecule has 2 heterocycles.